The first-order valence-electron chi connectivity index (χ1n) is 5.74. The minimum atomic E-state index is -0.246. The fourth-order valence-electron chi connectivity index (χ4n) is 1.51. The van der Waals surface area contributed by atoms with Crippen molar-refractivity contribution >= 4 is 17.7 Å². The molecule has 0 spiro atoms. The van der Waals surface area contributed by atoms with E-state index in [4.69, 9.17) is 15.2 Å². The molecule has 0 aliphatic carbocycles. The van der Waals surface area contributed by atoms with Crippen molar-refractivity contribution in [3.63, 3.8) is 0 Å². The lowest BCUT2D eigenvalue weighted by atomic mass is 10.1. The second kappa shape index (κ2) is 7.91. The molecule has 0 heterocycles. The van der Waals surface area contributed by atoms with Crippen molar-refractivity contribution in [2.75, 3.05) is 32.8 Å². The smallest absolute Gasteiger partial charge is 0.315 e. The van der Waals surface area contributed by atoms with Crippen LogP contribution in [0.4, 0.5) is 0 Å². The largest absolute Gasteiger partial charge is 0.493 e. The van der Waals surface area contributed by atoms with Gasteiger partial charge in [-0.25, -0.2) is 0 Å². The van der Waals surface area contributed by atoms with Crippen LogP contribution in [0.25, 0.3) is 0 Å². The highest BCUT2D eigenvalue weighted by Crippen LogP contribution is 2.30. The predicted octanol–water partition coefficient (Wildman–Crippen LogP) is 1.61. The number of hydrogen-bond donors (Lipinski definition) is 1. The van der Waals surface area contributed by atoms with E-state index < -0.39 is 0 Å². The fourth-order valence-corrected chi connectivity index (χ4v) is 2.36. The Morgan fingerprint density at radius 1 is 1.26 bits per heavy atom. The Balaban J connectivity index is 2.61. The zero-order valence-electron chi connectivity index (χ0n) is 11.3. The Morgan fingerprint density at radius 2 is 1.95 bits per heavy atom. The lowest BCUT2D eigenvalue weighted by Crippen LogP contribution is -2.15. The molecule has 1 aromatic carbocycles. The molecule has 0 amide bonds. The van der Waals surface area contributed by atoms with Crippen molar-refractivity contribution in [1.29, 1.82) is 0 Å². The van der Waals surface area contributed by atoms with E-state index in [2.05, 4.69) is 4.74 Å². The third-order valence-electron chi connectivity index (χ3n) is 2.58. The Kier molecular flexibility index (Phi) is 6.52. The summed E-state index contributed by atoms with van der Waals surface area (Å²) in [4.78, 5) is 11.0. The molecule has 0 radical (unpaired) electrons. The number of ether oxygens (including phenoxy) is 3. The molecule has 0 bridgehead atoms. The second-order valence-corrected chi connectivity index (χ2v) is 4.84. The summed E-state index contributed by atoms with van der Waals surface area (Å²) in [5.74, 6) is 2.00. The molecule has 0 fully saturated rings. The van der Waals surface area contributed by atoms with E-state index in [1.54, 1.807) is 14.2 Å². The van der Waals surface area contributed by atoms with E-state index >= 15 is 0 Å². The molecule has 1 atom stereocenters. The molecule has 106 valence electrons. The predicted molar refractivity (Wildman–Crippen MR) is 75.8 cm³/mol. The van der Waals surface area contributed by atoms with Crippen molar-refractivity contribution in [1.82, 2.24) is 0 Å². The van der Waals surface area contributed by atoms with Gasteiger partial charge in [0.05, 0.1) is 27.1 Å². The normalized spacial score (nSPS) is 11.8. The third-order valence-corrected chi connectivity index (χ3v) is 3.62. The first-order valence-corrected chi connectivity index (χ1v) is 6.90. The Bertz CT molecular complexity index is 425. The average molecular weight is 285 g/mol. The molecule has 0 saturated carbocycles. The van der Waals surface area contributed by atoms with Crippen LogP contribution in [0, 0.1) is 0 Å². The number of rotatable bonds is 7. The van der Waals surface area contributed by atoms with E-state index in [1.807, 2.05) is 18.2 Å². The zero-order valence-corrected chi connectivity index (χ0v) is 12.2. The highest BCUT2D eigenvalue weighted by molar-refractivity contribution is 7.99. The van der Waals surface area contributed by atoms with Crippen LogP contribution < -0.4 is 15.2 Å². The van der Waals surface area contributed by atoms with Crippen LogP contribution in [0.15, 0.2) is 18.2 Å². The van der Waals surface area contributed by atoms with Gasteiger partial charge in [0.2, 0.25) is 0 Å². The molecular weight excluding hydrogens is 266 g/mol. The number of nitrogens with two attached hydrogens (primary N) is 1. The van der Waals surface area contributed by atoms with Gasteiger partial charge in [0.15, 0.2) is 11.5 Å². The molecule has 19 heavy (non-hydrogen) atoms. The van der Waals surface area contributed by atoms with E-state index in [1.165, 1.54) is 18.9 Å². The van der Waals surface area contributed by atoms with Crippen LogP contribution in [0.1, 0.15) is 11.6 Å². The molecule has 5 nitrogen and oxygen atoms in total. The molecule has 6 heteroatoms. The highest BCUT2D eigenvalue weighted by atomic mass is 32.2. The second-order valence-electron chi connectivity index (χ2n) is 3.81. The lowest BCUT2D eigenvalue weighted by molar-refractivity contribution is -0.137. The van der Waals surface area contributed by atoms with Gasteiger partial charge >= 0.3 is 5.97 Å². The number of benzene rings is 1. The highest BCUT2D eigenvalue weighted by Gasteiger charge is 2.11. The molecule has 0 saturated heterocycles. The van der Waals surface area contributed by atoms with Crippen LogP contribution in [-0.4, -0.2) is 38.8 Å². The van der Waals surface area contributed by atoms with Gasteiger partial charge in [-0.1, -0.05) is 6.07 Å². The maximum atomic E-state index is 11.0. The summed E-state index contributed by atoms with van der Waals surface area (Å²) < 4.78 is 15.0. The van der Waals surface area contributed by atoms with Gasteiger partial charge in [-0.3, -0.25) is 4.79 Å². The lowest BCUT2D eigenvalue weighted by Gasteiger charge is -2.14. The van der Waals surface area contributed by atoms with Gasteiger partial charge in [-0.15, -0.1) is 11.8 Å². The number of carbonyl (C=O) groups is 1. The van der Waals surface area contributed by atoms with Crippen LogP contribution in [0.3, 0.4) is 0 Å². The Labute approximate surface area is 117 Å². The van der Waals surface area contributed by atoms with Crippen LogP contribution in [-0.2, 0) is 9.53 Å². The van der Waals surface area contributed by atoms with E-state index in [0.29, 0.717) is 23.0 Å². The monoisotopic (exact) mass is 285 g/mol. The van der Waals surface area contributed by atoms with E-state index in [0.717, 1.165) is 5.56 Å². The Hall–Kier alpha value is -1.40. The summed E-state index contributed by atoms with van der Waals surface area (Å²) in [6, 6.07) is 5.39. The average Bonchev–Trinajstić information content (AvgIpc) is 2.45. The maximum absolute atomic E-state index is 11.0. The standard InChI is InChI=1S/C13H19NO4S/c1-16-11-5-4-9(6-12(11)17-2)10(14)7-19-8-13(15)18-3/h4-6,10H,7-8,14H2,1-3H3. The summed E-state index contributed by atoms with van der Waals surface area (Å²) in [6.45, 7) is 0. The number of thioether (sulfide) groups is 1. The maximum Gasteiger partial charge on any atom is 0.315 e. The number of hydrogen-bond acceptors (Lipinski definition) is 6. The molecule has 0 aromatic heterocycles. The van der Waals surface area contributed by atoms with Crippen molar-refractivity contribution in [2.24, 2.45) is 5.73 Å². The third kappa shape index (κ3) is 4.65. The van der Waals surface area contributed by atoms with Crippen LogP contribution >= 0.6 is 11.8 Å². The molecule has 0 aliphatic heterocycles. The number of carbonyl (C=O) groups excluding carboxylic acids is 1. The SMILES string of the molecule is COC(=O)CSCC(N)c1ccc(OC)c(OC)c1. The summed E-state index contributed by atoms with van der Waals surface area (Å²) >= 11 is 1.44. The van der Waals surface area contributed by atoms with Gasteiger partial charge in [-0.2, -0.15) is 0 Å². The summed E-state index contributed by atoms with van der Waals surface area (Å²) in [7, 11) is 4.54. The van der Waals surface area contributed by atoms with Crippen molar-refractivity contribution in [3.05, 3.63) is 23.8 Å². The summed E-state index contributed by atoms with van der Waals surface area (Å²) in [5, 5.41) is 0. The molecule has 1 aromatic rings. The van der Waals surface area contributed by atoms with E-state index in [-0.39, 0.29) is 12.0 Å². The van der Waals surface area contributed by atoms with Gasteiger partial charge in [0.25, 0.3) is 0 Å². The summed E-state index contributed by atoms with van der Waals surface area (Å²) in [5.41, 5.74) is 7.01. The van der Waals surface area contributed by atoms with Gasteiger partial charge < -0.3 is 19.9 Å². The van der Waals surface area contributed by atoms with Crippen LogP contribution in [0.5, 0.6) is 11.5 Å². The molecule has 1 unspecified atom stereocenters. The van der Waals surface area contributed by atoms with Gasteiger partial charge in [-0.05, 0) is 17.7 Å². The van der Waals surface area contributed by atoms with Crippen molar-refractivity contribution in [2.45, 2.75) is 6.04 Å². The van der Waals surface area contributed by atoms with E-state index in [9.17, 15) is 4.79 Å². The van der Waals surface area contributed by atoms with Crippen molar-refractivity contribution in [3.8, 4) is 11.5 Å². The van der Waals surface area contributed by atoms with Crippen molar-refractivity contribution < 1.29 is 19.0 Å². The van der Waals surface area contributed by atoms with Gasteiger partial charge in [0.1, 0.15) is 0 Å². The van der Waals surface area contributed by atoms with Gasteiger partial charge in [0, 0.05) is 11.8 Å². The Morgan fingerprint density at radius 3 is 2.53 bits per heavy atom. The molecular formula is C13H19NO4S. The number of methoxy groups -OCH3 is 3. The quantitative estimate of drug-likeness (QED) is 0.767. The molecule has 2 N–H and O–H groups in total. The molecule has 0 aliphatic rings. The zero-order chi connectivity index (χ0) is 14.3. The first-order chi connectivity index (χ1) is 9.12. The topological polar surface area (TPSA) is 70.8 Å². The minimum Gasteiger partial charge on any atom is -0.493 e. The summed E-state index contributed by atoms with van der Waals surface area (Å²) in [6.07, 6.45) is 0. The van der Waals surface area contributed by atoms with Crippen LogP contribution in [0.2, 0.25) is 0 Å². The minimum absolute atomic E-state index is 0.172. The fraction of sp³-hybridized carbons (Fsp3) is 0.462. The first kappa shape index (κ1) is 15.7. The molecule has 1 rings (SSSR count). The number of esters is 1.